The maximum atomic E-state index is 14.8. The number of H-pyrrole nitrogens is 2. The number of allylic oxidation sites excluding steroid dienone is 1. The zero-order chi connectivity index (χ0) is 86.2. The fraction of sp³-hybridized carbons (Fsp3) is 0.785. The van der Waals surface area contributed by atoms with Crippen molar-refractivity contribution < 1.29 is 46.5 Å². The Morgan fingerprint density at radius 3 is 0.792 bits per heavy atom. The van der Waals surface area contributed by atoms with Gasteiger partial charge in [0.1, 0.15) is 5.76 Å². The fourth-order valence-corrected chi connectivity index (χ4v) is 16.7. The van der Waals surface area contributed by atoms with Crippen molar-refractivity contribution in [1.29, 1.82) is 0 Å². The molecule has 0 bridgehead atoms. The van der Waals surface area contributed by atoms with E-state index in [0.717, 1.165) is 94.3 Å². The summed E-state index contributed by atoms with van der Waals surface area (Å²) in [4.78, 5) is 21.4. The summed E-state index contributed by atoms with van der Waals surface area (Å²) in [6.07, 6.45) is 81.7. The van der Waals surface area contributed by atoms with E-state index in [-0.39, 0.29) is 17.1 Å². The molecule has 688 valence electrons. The Labute approximate surface area is 737 Å². The Morgan fingerprint density at radius 1 is 0.300 bits per heavy atom. The summed E-state index contributed by atoms with van der Waals surface area (Å²) in [5, 5.41) is 0. The topological polar surface area (TPSA) is 113 Å². The minimum atomic E-state index is -3.20. The van der Waals surface area contributed by atoms with E-state index < -0.39 is 13.3 Å². The zero-order valence-electron chi connectivity index (χ0n) is 79.6. The molecule has 0 unspecified atom stereocenters. The summed E-state index contributed by atoms with van der Waals surface area (Å²) in [6.45, 7) is 26.2. The number of aromatic amines is 2. The number of aromatic nitrogens is 2. The van der Waals surface area contributed by atoms with Crippen LogP contribution in [0.5, 0.6) is 34.5 Å². The van der Waals surface area contributed by atoms with Gasteiger partial charge in [0.15, 0.2) is 23.0 Å². The molecule has 13 heteroatoms. The van der Waals surface area contributed by atoms with E-state index in [1.807, 2.05) is 36.4 Å². The normalized spacial score (nSPS) is 12.3. The Bertz CT molecular complexity index is 2940. The van der Waals surface area contributed by atoms with Crippen LogP contribution in [0.2, 0.25) is 0 Å². The fourth-order valence-electron chi connectivity index (χ4n) is 16.7. The third kappa shape index (κ3) is 54.6. The van der Waals surface area contributed by atoms with E-state index in [1.165, 1.54) is 334 Å². The molecule has 2 aromatic heterocycles. The van der Waals surface area contributed by atoms with Gasteiger partial charge in [0.2, 0.25) is 17.3 Å². The molecular formula is C107H185BF2N2O8. The second-order valence-electron chi connectivity index (χ2n) is 37.3. The van der Waals surface area contributed by atoms with Crippen LogP contribution in [0.4, 0.5) is 8.63 Å². The van der Waals surface area contributed by atoms with Gasteiger partial charge in [-0.1, -0.05) is 442 Å². The third-order valence-corrected chi connectivity index (χ3v) is 24.7. The standard InChI is InChI=1S/C107H185BF2N2O8/c1-11-15-19-23-27-31-35-39-43-47-51-55-59-63-79-114-102-85-94(86-103(106(102)118-83-77-92(9)71-67-69-90(5)6)115-80-64-60-56-52-48-44-40-36-32-28-24-20-16-12-2)96-73-75-98(111-96)100(113)89-101(120-108(109)110)99-76-74-97(112-99)95-87-104(116-81-65-61-57-53-49-45-41-37-33-29-25-21-17-13-3)107(119-84-78-93(10)72-68-70-91(7)8)105(88-95)117-82-66-62-58-54-50-46-42-38-34-30-26-22-18-14-4/h73-76,85-93,111-112H,11-72,77-84H2,1-10H3/b101-89+/t92-,93-/m0/s1. The van der Waals surface area contributed by atoms with E-state index in [1.54, 1.807) is 12.1 Å². The third-order valence-electron chi connectivity index (χ3n) is 24.7. The number of halogens is 2. The number of hydrogen-bond acceptors (Lipinski definition) is 8. The van der Waals surface area contributed by atoms with Gasteiger partial charge in [-0.2, -0.15) is 0 Å². The molecule has 0 saturated heterocycles. The highest BCUT2D eigenvalue weighted by Crippen LogP contribution is 2.45. The van der Waals surface area contributed by atoms with E-state index >= 15 is 0 Å². The molecular weight excluding hydrogens is 1490 g/mol. The predicted molar refractivity (Wildman–Crippen MR) is 513 cm³/mol. The second kappa shape index (κ2) is 74.2. The summed E-state index contributed by atoms with van der Waals surface area (Å²) < 4.78 is 75.8. The van der Waals surface area contributed by atoms with Crippen LogP contribution in [0, 0.1) is 23.7 Å². The number of benzene rings is 2. The lowest BCUT2D eigenvalue weighted by atomic mass is 9.98. The number of hydrogen-bond donors (Lipinski definition) is 2. The lowest BCUT2D eigenvalue weighted by Crippen LogP contribution is -2.09. The summed E-state index contributed by atoms with van der Waals surface area (Å²) >= 11 is 0. The van der Waals surface area contributed by atoms with Crippen molar-refractivity contribution in [2.75, 3.05) is 39.6 Å². The van der Waals surface area contributed by atoms with Crippen molar-refractivity contribution >= 4 is 19.0 Å². The Balaban J connectivity index is 1.64. The van der Waals surface area contributed by atoms with Gasteiger partial charge in [0, 0.05) is 28.6 Å². The molecule has 2 heterocycles. The maximum Gasteiger partial charge on any atom is 0.796 e. The number of ketones is 1. The van der Waals surface area contributed by atoms with E-state index in [0.29, 0.717) is 109 Å². The lowest BCUT2D eigenvalue weighted by Gasteiger charge is -2.20. The van der Waals surface area contributed by atoms with Crippen LogP contribution in [0.1, 0.15) is 496 Å². The first kappa shape index (κ1) is 107. The molecule has 0 radical (unpaired) electrons. The van der Waals surface area contributed by atoms with Gasteiger partial charge in [-0.3, -0.25) is 4.79 Å². The van der Waals surface area contributed by atoms with Crippen LogP contribution in [-0.4, -0.2) is 62.9 Å². The van der Waals surface area contributed by atoms with Crippen molar-refractivity contribution in [3.8, 4) is 57.0 Å². The van der Waals surface area contributed by atoms with Crippen molar-refractivity contribution in [3.63, 3.8) is 0 Å². The molecule has 10 nitrogen and oxygen atoms in total. The van der Waals surface area contributed by atoms with Crippen molar-refractivity contribution in [2.24, 2.45) is 23.7 Å². The molecule has 120 heavy (non-hydrogen) atoms. The molecule has 0 aliphatic carbocycles. The van der Waals surface area contributed by atoms with Crippen LogP contribution in [0.15, 0.2) is 54.6 Å². The van der Waals surface area contributed by atoms with Crippen LogP contribution < -0.4 is 28.4 Å². The van der Waals surface area contributed by atoms with Gasteiger partial charge in [-0.25, -0.2) is 8.63 Å². The Kier molecular flexibility index (Phi) is 66.3. The Hall–Kier alpha value is -5.07. The van der Waals surface area contributed by atoms with Crippen LogP contribution >= 0.6 is 0 Å². The molecule has 4 rings (SSSR count). The highest BCUT2D eigenvalue weighted by atomic mass is 19.2. The summed E-state index contributed by atoms with van der Waals surface area (Å²) in [7, 11) is -3.20. The zero-order valence-corrected chi connectivity index (χ0v) is 79.6. The highest BCUT2D eigenvalue weighted by molar-refractivity contribution is 6.36. The molecule has 0 spiro atoms. The number of carbonyl (C=O) groups excluding carboxylic acids is 1. The summed E-state index contributed by atoms with van der Waals surface area (Å²) in [6, 6.07) is 15.1. The smallest absolute Gasteiger partial charge is 0.503 e. The quantitative estimate of drug-likeness (QED) is 0.0148. The predicted octanol–water partition coefficient (Wildman–Crippen LogP) is 35.7. The molecule has 4 aromatic rings. The van der Waals surface area contributed by atoms with E-state index in [4.69, 9.17) is 33.1 Å². The molecule has 0 amide bonds. The van der Waals surface area contributed by atoms with Gasteiger partial charge >= 0.3 is 7.47 Å². The lowest BCUT2D eigenvalue weighted by molar-refractivity contribution is 0.104. The number of unbranched alkanes of at least 4 members (excludes halogenated alkanes) is 52. The minimum absolute atomic E-state index is 0.218. The molecule has 0 saturated carbocycles. The van der Waals surface area contributed by atoms with Gasteiger partial charge in [0.05, 0.1) is 51.0 Å². The number of ether oxygens (including phenoxy) is 6. The Morgan fingerprint density at radius 2 is 0.542 bits per heavy atom. The minimum Gasteiger partial charge on any atom is -0.503 e. The second-order valence-corrected chi connectivity index (χ2v) is 37.3. The highest BCUT2D eigenvalue weighted by Gasteiger charge is 2.26. The number of carbonyl (C=O) groups is 1. The molecule has 2 atom stereocenters. The van der Waals surface area contributed by atoms with Gasteiger partial charge < -0.3 is 43.0 Å². The molecule has 0 fully saturated rings. The first-order valence-electron chi connectivity index (χ1n) is 51.5. The number of nitrogens with one attached hydrogen (secondary N) is 2. The average molecular weight is 1680 g/mol. The first-order chi connectivity index (χ1) is 58.8. The maximum absolute atomic E-state index is 14.8. The number of rotatable bonds is 87. The van der Waals surface area contributed by atoms with E-state index in [9.17, 15) is 13.4 Å². The van der Waals surface area contributed by atoms with Crippen molar-refractivity contribution in [3.05, 3.63) is 66.0 Å². The van der Waals surface area contributed by atoms with Crippen molar-refractivity contribution in [2.45, 2.75) is 480 Å². The SMILES string of the molecule is CCCCCCCCCCCCCCCCOc1cc(-c2ccc(C(=O)/C=C(/OB(F)F)c3ccc(-c4cc(OCCCCCCCCCCCCCCCC)c(OCC[C@@H](C)CCCC(C)C)c(OCCCCCCCCCCCCCCCC)c4)[nH]3)[nH]2)cc(OCCCCCCCCCCCCCCCC)c1OCC[C@@H](C)CCCC(C)C. The first-order valence-corrected chi connectivity index (χ1v) is 51.5. The molecule has 0 aliphatic heterocycles. The average Bonchev–Trinajstić information content (AvgIpc) is 1.55. The molecule has 2 N–H and O–H groups in total. The van der Waals surface area contributed by atoms with Crippen LogP contribution in [0.3, 0.4) is 0 Å². The summed E-state index contributed by atoms with van der Waals surface area (Å²) in [5.41, 5.74) is 3.25. The summed E-state index contributed by atoms with van der Waals surface area (Å²) in [5.74, 6) is 5.25. The molecule has 0 aliphatic rings. The van der Waals surface area contributed by atoms with E-state index in [2.05, 4.69) is 79.2 Å². The van der Waals surface area contributed by atoms with Gasteiger partial charge in [-0.15, -0.1) is 0 Å². The van der Waals surface area contributed by atoms with Gasteiger partial charge in [0.25, 0.3) is 0 Å². The monoisotopic (exact) mass is 1680 g/mol. The van der Waals surface area contributed by atoms with Crippen LogP contribution in [0.25, 0.3) is 28.3 Å². The van der Waals surface area contributed by atoms with Gasteiger partial charge in [-0.05, 0) is 111 Å². The van der Waals surface area contributed by atoms with Crippen LogP contribution in [-0.2, 0) is 4.65 Å². The molecule has 2 aromatic carbocycles. The largest absolute Gasteiger partial charge is 0.796 e. The van der Waals surface area contributed by atoms with Crippen molar-refractivity contribution in [1.82, 2.24) is 9.97 Å².